The molecule has 2 aromatic carbocycles. The number of fused-ring (bicyclic) bond motifs is 1. The lowest BCUT2D eigenvalue weighted by Crippen LogP contribution is -2.41. The summed E-state index contributed by atoms with van der Waals surface area (Å²) < 4.78 is 11.6. The fourth-order valence-corrected chi connectivity index (χ4v) is 2.89. The summed E-state index contributed by atoms with van der Waals surface area (Å²) in [4.78, 5) is 26.0. The highest BCUT2D eigenvalue weighted by Gasteiger charge is 2.24. The number of nitrogens with one attached hydrogen (secondary N) is 2. The molecule has 7 heteroatoms. The molecule has 0 aromatic heterocycles. The Morgan fingerprint density at radius 1 is 1.11 bits per heavy atom. The number of rotatable bonds is 5. The molecule has 0 fully saturated rings. The van der Waals surface area contributed by atoms with Gasteiger partial charge < -0.3 is 25.0 Å². The van der Waals surface area contributed by atoms with Crippen LogP contribution < -0.4 is 20.1 Å². The van der Waals surface area contributed by atoms with Gasteiger partial charge in [0.1, 0.15) is 6.61 Å². The largest absolute Gasteiger partial charge is 0.486 e. The van der Waals surface area contributed by atoms with Crippen molar-refractivity contribution in [3.8, 4) is 11.5 Å². The maximum Gasteiger partial charge on any atom is 0.319 e. The van der Waals surface area contributed by atoms with E-state index in [9.17, 15) is 9.59 Å². The first kappa shape index (κ1) is 19.5. The summed E-state index contributed by atoms with van der Waals surface area (Å²) in [5, 5.41) is 5.48. The Labute approximate surface area is 164 Å². The number of carbonyl (C=O) groups excluding carboxylic acids is 2. The summed E-state index contributed by atoms with van der Waals surface area (Å²) in [6.07, 6.45) is -0.232. The molecular formula is C21H25N3O4. The highest BCUT2D eigenvalue weighted by Crippen LogP contribution is 2.31. The summed E-state index contributed by atoms with van der Waals surface area (Å²) in [6.45, 7) is 4.57. The van der Waals surface area contributed by atoms with E-state index in [0.29, 0.717) is 30.2 Å². The number of ether oxygens (including phenoxy) is 2. The maximum absolute atomic E-state index is 12.7. The number of anilines is 1. The van der Waals surface area contributed by atoms with Gasteiger partial charge in [0, 0.05) is 24.3 Å². The Balaban J connectivity index is 1.55. The van der Waals surface area contributed by atoms with E-state index in [2.05, 4.69) is 10.6 Å². The smallest absolute Gasteiger partial charge is 0.319 e. The van der Waals surface area contributed by atoms with Crippen molar-refractivity contribution in [1.29, 1.82) is 0 Å². The molecule has 148 valence electrons. The second-order valence-electron chi connectivity index (χ2n) is 7.01. The molecule has 3 amide bonds. The Kier molecular flexibility index (Phi) is 6.03. The average Bonchev–Trinajstić information content (AvgIpc) is 2.67. The van der Waals surface area contributed by atoms with E-state index < -0.39 is 0 Å². The zero-order valence-electron chi connectivity index (χ0n) is 16.3. The zero-order chi connectivity index (χ0) is 20.1. The SMILES string of the molecule is CC(C)NC(=O)Nc1ccc(C(=O)N(C)CC2COc3ccccc3O2)cc1. The number of nitrogens with zero attached hydrogens (tertiary/aromatic N) is 1. The Morgan fingerprint density at radius 3 is 2.46 bits per heavy atom. The molecule has 7 nitrogen and oxygen atoms in total. The molecule has 2 N–H and O–H groups in total. The molecule has 1 aliphatic rings. The number of urea groups is 1. The van der Waals surface area contributed by atoms with Crippen LogP contribution in [0.25, 0.3) is 0 Å². The van der Waals surface area contributed by atoms with Crippen LogP contribution >= 0.6 is 0 Å². The fourth-order valence-electron chi connectivity index (χ4n) is 2.89. The minimum atomic E-state index is -0.277. The molecule has 1 heterocycles. The van der Waals surface area contributed by atoms with E-state index in [-0.39, 0.29) is 24.1 Å². The molecule has 0 bridgehead atoms. The van der Waals surface area contributed by atoms with Crippen LogP contribution in [-0.2, 0) is 0 Å². The summed E-state index contributed by atoms with van der Waals surface area (Å²) in [5.41, 5.74) is 1.16. The van der Waals surface area contributed by atoms with Gasteiger partial charge in [0.2, 0.25) is 0 Å². The number of para-hydroxylation sites is 2. The lowest BCUT2D eigenvalue weighted by atomic mass is 10.1. The van der Waals surface area contributed by atoms with Gasteiger partial charge in [-0.15, -0.1) is 0 Å². The van der Waals surface area contributed by atoms with Crippen molar-refractivity contribution in [3.05, 3.63) is 54.1 Å². The second-order valence-corrected chi connectivity index (χ2v) is 7.01. The molecule has 0 spiro atoms. The third-order valence-electron chi connectivity index (χ3n) is 4.20. The van der Waals surface area contributed by atoms with Gasteiger partial charge in [-0.1, -0.05) is 12.1 Å². The third kappa shape index (κ3) is 4.94. The van der Waals surface area contributed by atoms with Crippen molar-refractivity contribution in [1.82, 2.24) is 10.2 Å². The molecule has 3 rings (SSSR count). The van der Waals surface area contributed by atoms with Crippen LogP contribution in [0.4, 0.5) is 10.5 Å². The molecule has 2 aromatic rings. The lowest BCUT2D eigenvalue weighted by molar-refractivity contribution is 0.0521. The third-order valence-corrected chi connectivity index (χ3v) is 4.20. The first-order valence-corrected chi connectivity index (χ1v) is 9.24. The number of carbonyl (C=O) groups is 2. The number of likely N-dealkylation sites (N-methyl/N-ethyl adjacent to an activating group) is 1. The van der Waals surface area contributed by atoms with Crippen LogP contribution in [0.2, 0.25) is 0 Å². The zero-order valence-corrected chi connectivity index (χ0v) is 16.3. The van der Waals surface area contributed by atoms with Crippen molar-refractivity contribution < 1.29 is 19.1 Å². The first-order valence-electron chi connectivity index (χ1n) is 9.24. The molecule has 1 aliphatic heterocycles. The minimum absolute atomic E-state index is 0.0486. The number of hydrogen-bond acceptors (Lipinski definition) is 4. The van der Waals surface area contributed by atoms with E-state index in [1.807, 2.05) is 38.1 Å². The van der Waals surface area contributed by atoms with Gasteiger partial charge in [-0.2, -0.15) is 0 Å². The van der Waals surface area contributed by atoms with Gasteiger partial charge in [0.25, 0.3) is 5.91 Å². The van der Waals surface area contributed by atoms with Gasteiger partial charge in [0.15, 0.2) is 17.6 Å². The van der Waals surface area contributed by atoms with Crippen molar-refractivity contribution in [3.63, 3.8) is 0 Å². The van der Waals surface area contributed by atoms with E-state index in [0.717, 1.165) is 5.75 Å². The minimum Gasteiger partial charge on any atom is -0.486 e. The van der Waals surface area contributed by atoms with E-state index in [1.54, 1.807) is 36.2 Å². The first-order chi connectivity index (χ1) is 13.4. The molecule has 28 heavy (non-hydrogen) atoms. The Morgan fingerprint density at radius 2 is 1.79 bits per heavy atom. The topological polar surface area (TPSA) is 79.9 Å². The molecule has 0 saturated carbocycles. The average molecular weight is 383 g/mol. The van der Waals surface area contributed by atoms with Gasteiger partial charge in [-0.3, -0.25) is 4.79 Å². The quantitative estimate of drug-likeness (QED) is 0.831. The summed E-state index contributed by atoms with van der Waals surface area (Å²) >= 11 is 0. The Hall–Kier alpha value is -3.22. The number of amides is 3. The van der Waals surface area contributed by atoms with Crippen LogP contribution in [0.3, 0.4) is 0 Å². The van der Waals surface area contributed by atoms with Crippen molar-refractivity contribution >= 4 is 17.6 Å². The van der Waals surface area contributed by atoms with Crippen LogP contribution in [0.5, 0.6) is 11.5 Å². The molecule has 0 saturated heterocycles. The predicted molar refractivity (Wildman–Crippen MR) is 107 cm³/mol. The van der Waals surface area contributed by atoms with Gasteiger partial charge >= 0.3 is 6.03 Å². The standard InChI is InChI=1S/C21H25N3O4/c1-14(2)22-21(26)23-16-10-8-15(9-11-16)20(25)24(3)12-17-13-27-18-6-4-5-7-19(18)28-17/h4-11,14,17H,12-13H2,1-3H3,(H2,22,23,26). The van der Waals surface area contributed by atoms with Crippen LogP contribution in [0.15, 0.2) is 48.5 Å². The van der Waals surface area contributed by atoms with E-state index in [1.165, 1.54) is 0 Å². The van der Waals surface area contributed by atoms with E-state index >= 15 is 0 Å². The van der Waals surface area contributed by atoms with Gasteiger partial charge in [-0.05, 0) is 50.2 Å². The van der Waals surface area contributed by atoms with Crippen LogP contribution in [0, 0.1) is 0 Å². The summed E-state index contributed by atoms with van der Waals surface area (Å²) in [7, 11) is 1.73. The van der Waals surface area contributed by atoms with Crippen LogP contribution in [0.1, 0.15) is 24.2 Å². The number of benzene rings is 2. The van der Waals surface area contributed by atoms with Crippen molar-refractivity contribution in [2.75, 3.05) is 25.5 Å². The maximum atomic E-state index is 12.7. The van der Waals surface area contributed by atoms with Gasteiger partial charge in [-0.25, -0.2) is 4.79 Å². The normalized spacial score (nSPS) is 15.1. The highest BCUT2D eigenvalue weighted by molar-refractivity contribution is 5.95. The molecule has 0 aliphatic carbocycles. The van der Waals surface area contributed by atoms with Crippen molar-refractivity contribution in [2.45, 2.75) is 26.0 Å². The fraction of sp³-hybridized carbons (Fsp3) is 0.333. The molecule has 1 atom stereocenters. The number of hydrogen-bond donors (Lipinski definition) is 2. The highest BCUT2D eigenvalue weighted by atomic mass is 16.6. The van der Waals surface area contributed by atoms with Gasteiger partial charge in [0.05, 0.1) is 6.54 Å². The van der Waals surface area contributed by atoms with Crippen LogP contribution in [-0.4, -0.2) is 49.2 Å². The predicted octanol–water partition coefficient (Wildman–Crippen LogP) is 3.13. The van der Waals surface area contributed by atoms with E-state index in [4.69, 9.17) is 9.47 Å². The monoisotopic (exact) mass is 383 g/mol. The molecule has 1 unspecified atom stereocenters. The van der Waals surface area contributed by atoms with Crippen molar-refractivity contribution in [2.24, 2.45) is 0 Å². The molecule has 0 radical (unpaired) electrons. The molecular weight excluding hydrogens is 358 g/mol. The Bertz CT molecular complexity index is 836. The second kappa shape index (κ2) is 8.65. The summed E-state index contributed by atoms with van der Waals surface area (Å²) in [5.74, 6) is 1.28. The summed E-state index contributed by atoms with van der Waals surface area (Å²) in [6, 6.07) is 14.1. The lowest BCUT2D eigenvalue weighted by Gasteiger charge is -2.29.